The minimum absolute atomic E-state index is 0.381. The smallest absolute Gasteiger partial charge is 0.422 e. The molecule has 0 saturated carbocycles. The standard InChI is InChI=1S/C16H15BrF6N4O3S/c1-9-10(17)4-3-5-11(9)26-30-31-27(2)12-13(28-6-15(18,19)20)24-8-25-14(12)29-7-16(21,22)23/h3-5,8,26H,6-7H2,1-2H3. The fraction of sp³-hybridized carbons (Fsp3) is 0.375. The predicted molar refractivity (Wildman–Crippen MR) is 105 cm³/mol. The van der Waals surface area contributed by atoms with Crippen LogP contribution in [0.15, 0.2) is 29.0 Å². The molecule has 0 spiro atoms. The van der Waals surface area contributed by atoms with Crippen LogP contribution in [0.3, 0.4) is 0 Å². The molecule has 0 aliphatic rings. The number of hydrogen-bond acceptors (Lipinski definition) is 8. The van der Waals surface area contributed by atoms with Gasteiger partial charge in [0.2, 0.25) is 11.8 Å². The van der Waals surface area contributed by atoms with E-state index in [1.165, 1.54) is 7.05 Å². The number of nitrogens with one attached hydrogen (secondary N) is 1. The Balaban J connectivity index is 2.19. The first kappa shape index (κ1) is 25.1. The van der Waals surface area contributed by atoms with Gasteiger partial charge in [-0.05, 0) is 24.6 Å². The minimum atomic E-state index is -4.70. The zero-order valence-corrected chi connectivity index (χ0v) is 18.2. The first-order valence-electron chi connectivity index (χ1n) is 8.20. The molecule has 2 aromatic rings. The van der Waals surface area contributed by atoms with Gasteiger partial charge < -0.3 is 9.47 Å². The summed E-state index contributed by atoms with van der Waals surface area (Å²) < 4.78 is 91.5. The first-order valence-corrected chi connectivity index (χ1v) is 9.69. The summed E-state index contributed by atoms with van der Waals surface area (Å²) in [6.07, 6.45) is -8.67. The molecule has 0 fully saturated rings. The maximum Gasteiger partial charge on any atom is 0.422 e. The van der Waals surface area contributed by atoms with Gasteiger partial charge in [0, 0.05) is 11.5 Å². The van der Waals surface area contributed by atoms with Crippen molar-refractivity contribution < 1.29 is 40.1 Å². The van der Waals surface area contributed by atoms with Crippen molar-refractivity contribution in [3.8, 4) is 11.8 Å². The van der Waals surface area contributed by atoms with E-state index in [-0.39, 0.29) is 5.69 Å². The summed E-state index contributed by atoms with van der Waals surface area (Å²) in [5.41, 5.74) is 3.61. The van der Waals surface area contributed by atoms with E-state index in [1.54, 1.807) is 25.1 Å². The van der Waals surface area contributed by atoms with Crippen LogP contribution in [0.5, 0.6) is 11.8 Å². The van der Waals surface area contributed by atoms with Gasteiger partial charge in [0.05, 0.1) is 5.69 Å². The van der Waals surface area contributed by atoms with Gasteiger partial charge in [0.25, 0.3) is 0 Å². The minimum Gasteiger partial charge on any atom is -0.466 e. The molecule has 0 amide bonds. The third-order valence-corrected chi connectivity index (χ3v) is 4.81. The average molecular weight is 537 g/mol. The molecule has 0 saturated heterocycles. The molecule has 0 aliphatic carbocycles. The summed E-state index contributed by atoms with van der Waals surface area (Å²) in [5, 5.41) is 0. The van der Waals surface area contributed by atoms with Crippen molar-refractivity contribution in [3.63, 3.8) is 0 Å². The Bertz CT molecular complexity index is 851. The zero-order valence-electron chi connectivity index (χ0n) is 15.8. The maximum atomic E-state index is 12.5. The Hall–Kier alpha value is -2.13. The van der Waals surface area contributed by atoms with Crippen LogP contribution >= 0.6 is 28.2 Å². The molecule has 1 heterocycles. The Morgan fingerprint density at radius 1 is 1.03 bits per heavy atom. The van der Waals surface area contributed by atoms with Crippen LogP contribution in [0.1, 0.15) is 5.56 Å². The van der Waals surface area contributed by atoms with E-state index in [1.807, 2.05) is 0 Å². The van der Waals surface area contributed by atoms with Crippen LogP contribution in [0.4, 0.5) is 37.7 Å². The van der Waals surface area contributed by atoms with Crippen LogP contribution in [0.25, 0.3) is 0 Å². The van der Waals surface area contributed by atoms with Gasteiger partial charge in [-0.2, -0.15) is 40.6 Å². The highest BCUT2D eigenvalue weighted by atomic mass is 79.9. The second-order valence-corrected chi connectivity index (χ2v) is 7.53. The lowest BCUT2D eigenvalue weighted by molar-refractivity contribution is -0.154. The van der Waals surface area contributed by atoms with Gasteiger partial charge >= 0.3 is 12.4 Å². The van der Waals surface area contributed by atoms with Gasteiger partial charge in [-0.1, -0.05) is 22.0 Å². The van der Waals surface area contributed by atoms with Gasteiger partial charge in [-0.3, -0.25) is 9.79 Å². The molecule has 172 valence electrons. The van der Waals surface area contributed by atoms with Gasteiger partial charge in [-0.15, -0.1) is 0 Å². The number of halogens is 7. The molecule has 1 aromatic carbocycles. The zero-order chi connectivity index (χ0) is 23.2. The molecule has 0 radical (unpaired) electrons. The van der Waals surface area contributed by atoms with Crippen molar-refractivity contribution >= 4 is 39.5 Å². The van der Waals surface area contributed by atoms with Crippen LogP contribution < -0.4 is 19.3 Å². The Morgan fingerprint density at radius 2 is 1.58 bits per heavy atom. The van der Waals surface area contributed by atoms with E-state index in [9.17, 15) is 26.3 Å². The molecule has 2 rings (SSSR count). The van der Waals surface area contributed by atoms with Gasteiger partial charge in [0.15, 0.2) is 18.9 Å². The molecule has 0 aliphatic heterocycles. The number of aromatic nitrogens is 2. The van der Waals surface area contributed by atoms with E-state index in [4.69, 9.17) is 4.28 Å². The number of alkyl halides is 6. The molecule has 1 aromatic heterocycles. The maximum absolute atomic E-state index is 12.5. The highest BCUT2D eigenvalue weighted by molar-refractivity contribution is 9.10. The molecule has 7 nitrogen and oxygen atoms in total. The summed E-state index contributed by atoms with van der Waals surface area (Å²) >= 11 is 3.88. The Morgan fingerprint density at radius 3 is 2.10 bits per heavy atom. The second kappa shape index (κ2) is 10.5. The number of rotatable bonds is 9. The van der Waals surface area contributed by atoms with Gasteiger partial charge in [-0.25, -0.2) is 0 Å². The SMILES string of the molecule is Cc1c(Br)cccc1NOSN(C)c1c(OCC(F)(F)F)ncnc1OCC(F)(F)F. The topological polar surface area (TPSA) is 68.7 Å². The first-order chi connectivity index (χ1) is 14.4. The summed E-state index contributed by atoms with van der Waals surface area (Å²) in [4.78, 5) is 7.14. The van der Waals surface area contributed by atoms with Crippen molar-refractivity contribution in [2.75, 3.05) is 30.0 Å². The fourth-order valence-corrected chi connectivity index (χ4v) is 2.84. The highest BCUT2D eigenvalue weighted by Gasteiger charge is 2.32. The summed E-state index contributed by atoms with van der Waals surface area (Å²) in [6.45, 7) is -1.64. The van der Waals surface area contributed by atoms with Crippen molar-refractivity contribution in [2.45, 2.75) is 19.3 Å². The third-order valence-electron chi connectivity index (χ3n) is 3.38. The monoisotopic (exact) mass is 536 g/mol. The number of nitrogens with zero attached hydrogens (tertiary/aromatic N) is 3. The lowest BCUT2D eigenvalue weighted by Gasteiger charge is -2.22. The van der Waals surface area contributed by atoms with Crippen molar-refractivity contribution in [2.24, 2.45) is 0 Å². The van der Waals surface area contributed by atoms with Crippen LogP contribution in [0, 0.1) is 6.92 Å². The molecule has 15 heteroatoms. The lowest BCUT2D eigenvalue weighted by atomic mass is 10.2. The molecule has 0 unspecified atom stereocenters. The molecule has 0 bridgehead atoms. The normalized spacial score (nSPS) is 11.9. The number of benzene rings is 1. The predicted octanol–water partition coefficient (Wildman–Crippen LogP) is 5.47. The molecular formula is C16H15BrF6N4O3S. The summed E-state index contributed by atoms with van der Waals surface area (Å²) in [6, 6.07) is 5.23. The van der Waals surface area contributed by atoms with E-state index >= 15 is 0 Å². The Labute approximate surface area is 185 Å². The molecule has 0 atom stereocenters. The van der Waals surface area contributed by atoms with Crippen molar-refractivity contribution in [3.05, 3.63) is 34.6 Å². The van der Waals surface area contributed by atoms with E-state index in [0.717, 1.165) is 20.7 Å². The van der Waals surface area contributed by atoms with E-state index in [2.05, 4.69) is 40.9 Å². The summed E-state index contributed by atoms with van der Waals surface area (Å²) in [7, 11) is 1.29. The number of ether oxygens (including phenoxy) is 2. The van der Waals surface area contributed by atoms with E-state index in [0.29, 0.717) is 17.9 Å². The van der Waals surface area contributed by atoms with Gasteiger partial charge in [0.1, 0.15) is 18.6 Å². The third kappa shape index (κ3) is 8.14. The highest BCUT2D eigenvalue weighted by Crippen LogP contribution is 2.38. The fourth-order valence-electron chi connectivity index (χ4n) is 2.00. The number of anilines is 2. The van der Waals surface area contributed by atoms with Crippen molar-refractivity contribution in [1.82, 2.24) is 9.97 Å². The Kier molecular flexibility index (Phi) is 8.48. The lowest BCUT2D eigenvalue weighted by Crippen LogP contribution is -2.23. The van der Waals surface area contributed by atoms with Crippen molar-refractivity contribution in [1.29, 1.82) is 0 Å². The van der Waals surface area contributed by atoms with Crippen LogP contribution in [-0.4, -0.2) is 42.6 Å². The largest absolute Gasteiger partial charge is 0.466 e. The second-order valence-electron chi connectivity index (χ2n) is 5.81. The quantitative estimate of drug-likeness (QED) is 0.196. The molecule has 31 heavy (non-hydrogen) atoms. The molecular weight excluding hydrogens is 522 g/mol. The molecule has 1 N–H and O–H groups in total. The van der Waals surface area contributed by atoms with E-state index < -0.39 is 37.3 Å². The summed E-state index contributed by atoms with van der Waals surface area (Å²) in [5.74, 6) is -1.27. The van der Waals surface area contributed by atoms with Crippen LogP contribution in [0.2, 0.25) is 0 Å². The van der Waals surface area contributed by atoms with Crippen LogP contribution in [-0.2, 0) is 4.28 Å². The average Bonchev–Trinajstić information content (AvgIpc) is 2.66. The number of hydrogen-bond donors (Lipinski definition) is 1.